The van der Waals surface area contributed by atoms with Crippen molar-refractivity contribution in [3.8, 4) is 0 Å². The fourth-order valence-corrected chi connectivity index (χ4v) is 2.49. The van der Waals surface area contributed by atoms with Crippen LogP contribution in [0.5, 0.6) is 0 Å². The van der Waals surface area contributed by atoms with Gasteiger partial charge in [-0.1, -0.05) is 37.3 Å². The SMILES string of the molecule is CCCOC(N)=O.O=C(c1ccccc1)c1ccc([N+](=O)[O-])cc1I. The molecule has 0 aliphatic rings. The maximum Gasteiger partial charge on any atom is 0.404 e. The Morgan fingerprint density at radius 3 is 2.28 bits per heavy atom. The quantitative estimate of drug-likeness (QED) is 0.317. The molecule has 2 aromatic rings. The van der Waals surface area contributed by atoms with E-state index in [2.05, 4.69) is 10.5 Å². The zero-order valence-electron chi connectivity index (χ0n) is 13.5. The second-order valence-electron chi connectivity index (χ2n) is 4.78. The molecule has 0 spiro atoms. The van der Waals surface area contributed by atoms with Gasteiger partial charge in [0.05, 0.1) is 11.5 Å². The van der Waals surface area contributed by atoms with Gasteiger partial charge in [-0.05, 0) is 35.1 Å². The first-order valence-corrected chi connectivity index (χ1v) is 8.40. The van der Waals surface area contributed by atoms with E-state index in [1.54, 1.807) is 24.3 Å². The molecule has 0 fully saturated rings. The predicted octanol–water partition coefficient (Wildman–Crippen LogP) is 3.92. The number of rotatable bonds is 5. The van der Waals surface area contributed by atoms with E-state index in [0.29, 0.717) is 21.3 Å². The maximum absolute atomic E-state index is 12.2. The Bertz CT molecular complexity index is 750. The standard InChI is InChI=1S/C13H8INO3.C4H9NO2/c14-12-8-10(15(17)18)6-7-11(12)13(16)9-4-2-1-3-5-9;1-2-3-7-4(5)6/h1-8H;2-3H2,1H3,(H2,5,6). The van der Waals surface area contributed by atoms with Crippen molar-refractivity contribution in [2.45, 2.75) is 13.3 Å². The molecule has 132 valence electrons. The van der Waals surface area contributed by atoms with Crippen LogP contribution in [0, 0.1) is 13.7 Å². The molecular weight excluding hydrogens is 439 g/mol. The van der Waals surface area contributed by atoms with Crippen molar-refractivity contribution >= 4 is 40.2 Å². The number of ether oxygens (including phenoxy) is 1. The molecule has 0 bridgehead atoms. The van der Waals surface area contributed by atoms with E-state index >= 15 is 0 Å². The number of nitro benzene ring substituents is 1. The fraction of sp³-hybridized carbons (Fsp3) is 0.176. The van der Waals surface area contributed by atoms with Gasteiger partial charge in [-0.2, -0.15) is 0 Å². The van der Waals surface area contributed by atoms with E-state index in [4.69, 9.17) is 0 Å². The van der Waals surface area contributed by atoms with Crippen molar-refractivity contribution in [3.05, 3.63) is 73.3 Å². The van der Waals surface area contributed by atoms with Gasteiger partial charge in [-0.15, -0.1) is 0 Å². The van der Waals surface area contributed by atoms with Crippen LogP contribution in [-0.4, -0.2) is 23.4 Å². The summed E-state index contributed by atoms with van der Waals surface area (Å²) in [5, 5.41) is 10.6. The minimum Gasteiger partial charge on any atom is -0.450 e. The van der Waals surface area contributed by atoms with Crippen LogP contribution in [0.2, 0.25) is 0 Å². The summed E-state index contributed by atoms with van der Waals surface area (Å²) < 4.78 is 4.91. The van der Waals surface area contributed by atoms with Crippen LogP contribution in [0.4, 0.5) is 10.5 Å². The normalized spacial score (nSPS) is 9.52. The third kappa shape index (κ3) is 6.87. The van der Waals surface area contributed by atoms with Crippen molar-refractivity contribution in [1.82, 2.24) is 0 Å². The molecule has 1 amide bonds. The second kappa shape index (κ2) is 10.4. The lowest BCUT2D eigenvalue weighted by molar-refractivity contribution is -0.384. The van der Waals surface area contributed by atoms with Crippen LogP contribution in [0.1, 0.15) is 29.3 Å². The average molecular weight is 456 g/mol. The Labute approximate surface area is 158 Å². The summed E-state index contributed by atoms with van der Waals surface area (Å²) in [6.07, 6.45) is 0.130. The highest BCUT2D eigenvalue weighted by Gasteiger charge is 2.15. The predicted molar refractivity (Wildman–Crippen MR) is 102 cm³/mol. The summed E-state index contributed by atoms with van der Waals surface area (Å²) in [5.41, 5.74) is 5.66. The summed E-state index contributed by atoms with van der Waals surface area (Å²) >= 11 is 1.94. The molecular formula is C17H17IN2O5. The summed E-state index contributed by atoms with van der Waals surface area (Å²) in [6, 6.07) is 13.1. The van der Waals surface area contributed by atoms with E-state index in [-0.39, 0.29) is 11.5 Å². The highest BCUT2D eigenvalue weighted by Crippen LogP contribution is 2.22. The van der Waals surface area contributed by atoms with Crippen molar-refractivity contribution < 1.29 is 19.2 Å². The minimum absolute atomic E-state index is 0.0102. The fourth-order valence-electron chi connectivity index (χ4n) is 1.75. The number of primary amides is 1. The minimum atomic E-state index is -0.693. The molecule has 0 saturated heterocycles. The van der Waals surface area contributed by atoms with Gasteiger partial charge < -0.3 is 10.5 Å². The molecule has 0 aromatic heterocycles. The molecule has 8 heteroatoms. The molecule has 0 radical (unpaired) electrons. The smallest absolute Gasteiger partial charge is 0.404 e. The molecule has 2 rings (SSSR count). The molecule has 2 N–H and O–H groups in total. The van der Waals surface area contributed by atoms with E-state index in [0.717, 1.165) is 6.42 Å². The third-order valence-corrected chi connectivity index (χ3v) is 3.79. The number of nitrogens with two attached hydrogens (primary N) is 1. The van der Waals surface area contributed by atoms with Crippen LogP contribution >= 0.6 is 22.6 Å². The molecule has 7 nitrogen and oxygen atoms in total. The largest absolute Gasteiger partial charge is 0.450 e. The summed E-state index contributed by atoms with van der Waals surface area (Å²) in [7, 11) is 0. The van der Waals surface area contributed by atoms with Gasteiger partial charge >= 0.3 is 6.09 Å². The van der Waals surface area contributed by atoms with Gasteiger partial charge in [0, 0.05) is 26.8 Å². The van der Waals surface area contributed by atoms with Crippen molar-refractivity contribution in [3.63, 3.8) is 0 Å². The first-order valence-electron chi connectivity index (χ1n) is 7.32. The Hall–Kier alpha value is -2.49. The Kier molecular flexibility index (Phi) is 8.54. The highest BCUT2D eigenvalue weighted by molar-refractivity contribution is 14.1. The number of carbonyl (C=O) groups is 2. The van der Waals surface area contributed by atoms with Gasteiger partial charge in [-0.25, -0.2) is 4.79 Å². The Morgan fingerprint density at radius 1 is 1.20 bits per heavy atom. The lowest BCUT2D eigenvalue weighted by Gasteiger charge is -2.03. The van der Waals surface area contributed by atoms with E-state index in [1.165, 1.54) is 18.2 Å². The number of amides is 1. The van der Waals surface area contributed by atoms with Crippen LogP contribution < -0.4 is 5.73 Å². The van der Waals surface area contributed by atoms with E-state index in [1.807, 2.05) is 35.6 Å². The number of nitrogens with zero attached hydrogens (tertiary/aromatic N) is 1. The van der Waals surface area contributed by atoms with Crippen LogP contribution in [0.3, 0.4) is 0 Å². The van der Waals surface area contributed by atoms with Crippen molar-refractivity contribution in [2.24, 2.45) is 5.73 Å². The Morgan fingerprint density at radius 2 is 1.84 bits per heavy atom. The number of benzene rings is 2. The molecule has 0 unspecified atom stereocenters. The van der Waals surface area contributed by atoms with Crippen molar-refractivity contribution in [1.29, 1.82) is 0 Å². The van der Waals surface area contributed by atoms with Gasteiger partial charge in [0.25, 0.3) is 5.69 Å². The van der Waals surface area contributed by atoms with Gasteiger partial charge in [0.1, 0.15) is 0 Å². The molecule has 0 aliphatic carbocycles. The topological polar surface area (TPSA) is 113 Å². The molecule has 2 aromatic carbocycles. The second-order valence-corrected chi connectivity index (χ2v) is 5.95. The Balaban J connectivity index is 0.000000381. The summed E-state index contributed by atoms with van der Waals surface area (Å²) in [6.45, 7) is 2.33. The summed E-state index contributed by atoms with van der Waals surface area (Å²) in [5.74, 6) is -0.130. The number of carbonyl (C=O) groups excluding carboxylic acids is 2. The van der Waals surface area contributed by atoms with Gasteiger partial charge in [0.2, 0.25) is 0 Å². The zero-order chi connectivity index (χ0) is 18.8. The average Bonchev–Trinajstić information content (AvgIpc) is 2.60. The molecule has 0 aliphatic heterocycles. The lowest BCUT2D eigenvalue weighted by atomic mass is 10.0. The molecule has 0 heterocycles. The van der Waals surface area contributed by atoms with E-state index in [9.17, 15) is 19.7 Å². The molecule has 0 saturated carbocycles. The van der Waals surface area contributed by atoms with Crippen LogP contribution in [-0.2, 0) is 4.74 Å². The van der Waals surface area contributed by atoms with Gasteiger partial charge in [0.15, 0.2) is 5.78 Å². The number of non-ortho nitro benzene ring substituents is 1. The van der Waals surface area contributed by atoms with Crippen molar-refractivity contribution in [2.75, 3.05) is 6.61 Å². The van der Waals surface area contributed by atoms with Gasteiger partial charge in [-0.3, -0.25) is 14.9 Å². The highest BCUT2D eigenvalue weighted by atomic mass is 127. The zero-order valence-corrected chi connectivity index (χ0v) is 15.6. The summed E-state index contributed by atoms with van der Waals surface area (Å²) in [4.78, 5) is 32.1. The lowest BCUT2D eigenvalue weighted by Crippen LogP contribution is -2.12. The maximum atomic E-state index is 12.2. The first kappa shape index (κ1) is 20.6. The number of hydrogen-bond donors (Lipinski definition) is 1. The molecule has 0 atom stereocenters. The van der Waals surface area contributed by atoms with Crippen LogP contribution in [0.15, 0.2) is 48.5 Å². The monoisotopic (exact) mass is 456 g/mol. The number of halogens is 1. The molecule has 25 heavy (non-hydrogen) atoms. The first-order chi connectivity index (χ1) is 11.9. The van der Waals surface area contributed by atoms with E-state index < -0.39 is 11.0 Å². The number of nitro groups is 1. The van der Waals surface area contributed by atoms with Crippen LogP contribution in [0.25, 0.3) is 0 Å². The number of ketones is 1. The third-order valence-electron chi connectivity index (χ3n) is 2.89. The number of hydrogen-bond acceptors (Lipinski definition) is 5.